The number of nitrogens with zero attached hydrogens (tertiary/aromatic N) is 1. The number of phosphoric ester groups is 1. The summed E-state index contributed by atoms with van der Waals surface area (Å²) in [5.74, 6) is -0.932. The largest absolute Gasteiger partial charge is 0.756 e. The third-order valence-electron chi connectivity index (χ3n) is 9.79. The normalized spacial score (nSPS) is 14.7. The molecule has 3 atom stereocenters. The maximum atomic E-state index is 12.7. The van der Waals surface area contributed by atoms with Crippen molar-refractivity contribution >= 4 is 19.8 Å². The first-order valence-electron chi connectivity index (χ1n) is 23.8. The second-order valence-electron chi connectivity index (χ2n) is 16.9. The van der Waals surface area contributed by atoms with E-state index in [2.05, 4.69) is 31.2 Å². The minimum atomic E-state index is -4.66. The van der Waals surface area contributed by atoms with Crippen LogP contribution in [0.25, 0.3) is 0 Å². The fourth-order valence-corrected chi connectivity index (χ4v) is 6.79. The Hall–Kier alpha value is -2.59. The number of hydrogen-bond acceptors (Lipinski definition) is 9. The fourth-order valence-electron chi connectivity index (χ4n) is 6.06. The van der Waals surface area contributed by atoms with Crippen LogP contribution in [-0.2, 0) is 32.7 Å². The molecule has 0 aromatic rings. The number of likely N-dealkylation sites (N-methyl/N-ethyl adjacent to an activating group) is 1. The van der Waals surface area contributed by atoms with Crippen molar-refractivity contribution in [3.8, 4) is 0 Å². The van der Waals surface area contributed by atoms with Gasteiger partial charge in [-0.1, -0.05) is 164 Å². The summed E-state index contributed by atoms with van der Waals surface area (Å²) in [6, 6.07) is 0. The van der Waals surface area contributed by atoms with Crippen molar-refractivity contribution in [3.63, 3.8) is 0 Å². The summed E-state index contributed by atoms with van der Waals surface area (Å²) < 4.78 is 33.9. The number of rotatable bonds is 42. The van der Waals surface area contributed by atoms with Crippen LogP contribution in [0.4, 0.5) is 0 Å². The monoisotopic (exact) mass is 878 g/mol. The summed E-state index contributed by atoms with van der Waals surface area (Å²) in [6.45, 7) is 3.90. The zero-order valence-corrected chi connectivity index (χ0v) is 40.1. The molecular formula is C50H88NO9P. The summed E-state index contributed by atoms with van der Waals surface area (Å²) >= 11 is 0. The van der Waals surface area contributed by atoms with E-state index in [4.69, 9.17) is 18.5 Å². The second kappa shape index (κ2) is 41.4. The van der Waals surface area contributed by atoms with Gasteiger partial charge in [-0.3, -0.25) is 14.2 Å². The number of quaternary nitrogens is 1. The Morgan fingerprint density at radius 3 is 1.77 bits per heavy atom. The first-order valence-corrected chi connectivity index (χ1v) is 25.2. The number of phosphoric acid groups is 1. The average Bonchev–Trinajstić information content (AvgIpc) is 3.21. The molecule has 0 aliphatic rings. The summed E-state index contributed by atoms with van der Waals surface area (Å²) in [5, 5.41) is 9.78. The van der Waals surface area contributed by atoms with Crippen molar-refractivity contribution in [1.29, 1.82) is 0 Å². The Bertz CT molecular complexity index is 1280. The lowest BCUT2D eigenvalue weighted by Gasteiger charge is -2.28. The molecule has 0 saturated carbocycles. The van der Waals surface area contributed by atoms with Crippen LogP contribution in [0.5, 0.6) is 0 Å². The van der Waals surface area contributed by atoms with Gasteiger partial charge in [-0.15, -0.1) is 0 Å². The Morgan fingerprint density at radius 1 is 0.623 bits per heavy atom. The number of ether oxygens (including phenoxy) is 2. The highest BCUT2D eigenvalue weighted by atomic mass is 31.2. The van der Waals surface area contributed by atoms with Crippen LogP contribution in [0, 0.1) is 0 Å². The molecule has 10 nitrogen and oxygen atoms in total. The third kappa shape index (κ3) is 45.3. The number of carbonyl (C=O) groups excluding carboxylic acids is 2. The molecule has 352 valence electrons. The molecule has 0 aliphatic carbocycles. The number of carbonyl (C=O) groups is 2. The highest BCUT2D eigenvalue weighted by Gasteiger charge is 2.21. The van der Waals surface area contributed by atoms with Crippen LogP contribution in [0.1, 0.15) is 174 Å². The lowest BCUT2D eigenvalue weighted by molar-refractivity contribution is -0.870. The van der Waals surface area contributed by atoms with Crippen LogP contribution < -0.4 is 4.89 Å². The van der Waals surface area contributed by atoms with Gasteiger partial charge in [0.05, 0.1) is 33.9 Å². The van der Waals surface area contributed by atoms with Crippen LogP contribution in [-0.4, -0.2) is 81.2 Å². The van der Waals surface area contributed by atoms with E-state index in [0.29, 0.717) is 36.7 Å². The van der Waals surface area contributed by atoms with Gasteiger partial charge < -0.3 is 33.0 Å². The van der Waals surface area contributed by atoms with Crippen LogP contribution in [0.3, 0.4) is 0 Å². The predicted molar refractivity (Wildman–Crippen MR) is 251 cm³/mol. The number of unbranched alkanes of at least 4 members (excludes halogenated alkanes) is 16. The van der Waals surface area contributed by atoms with Crippen molar-refractivity contribution in [3.05, 3.63) is 72.9 Å². The molecule has 0 radical (unpaired) electrons. The smallest absolute Gasteiger partial charge is 0.306 e. The van der Waals surface area contributed by atoms with Gasteiger partial charge in [0.2, 0.25) is 0 Å². The van der Waals surface area contributed by atoms with Gasteiger partial charge in [0.15, 0.2) is 6.10 Å². The molecule has 0 aliphatic heterocycles. The Kier molecular flexibility index (Phi) is 39.7. The van der Waals surface area contributed by atoms with Gasteiger partial charge in [-0.05, 0) is 70.6 Å². The Labute approximate surface area is 372 Å². The van der Waals surface area contributed by atoms with Gasteiger partial charge in [-0.25, -0.2) is 0 Å². The molecule has 0 spiro atoms. The number of hydrogen-bond donors (Lipinski definition) is 1. The standard InChI is InChI=1S/C50H88NO9P/c1-6-8-10-11-12-13-14-15-16-17-18-19-20-21-25-28-31-34-37-41-49(53)57-45-48(46-59-61(55,56)58-44-43-51(3,4)5)60-50(54)42-38-35-32-29-26-23-22-24-27-30-33-36-40-47(52)39-9-7-2/h9,15-16,22-23,27,29-30,32-33,36,39,47-48,52H,6-8,10-14,17-21,24-26,28,31,34-35,37-38,40-46H2,1-5H3/b16-15-,23-22-,30-27-,32-29-,36-33+,39-9-/t47?,48-/m1/s1. The molecule has 0 saturated heterocycles. The van der Waals surface area contributed by atoms with E-state index in [9.17, 15) is 24.2 Å². The summed E-state index contributed by atoms with van der Waals surface area (Å²) in [4.78, 5) is 37.6. The quantitative estimate of drug-likeness (QED) is 0.0159. The molecule has 0 rings (SSSR count). The molecule has 0 bridgehead atoms. The van der Waals surface area contributed by atoms with Crippen LogP contribution in [0.2, 0.25) is 0 Å². The van der Waals surface area contributed by atoms with Crippen molar-refractivity contribution < 1.29 is 47.2 Å². The lowest BCUT2D eigenvalue weighted by atomic mass is 10.1. The van der Waals surface area contributed by atoms with E-state index in [0.717, 1.165) is 38.5 Å². The third-order valence-corrected chi connectivity index (χ3v) is 10.7. The predicted octanol–water partition coefficient (Wildman–Crippen LogP) is 12.1. The van der Waals surface area contributed by atoms with E-state index in [1.54, 1.807) is 0 Å². The van der Waals surface area contributed by atoms with Crippen LogP contribution >= 0.6 is 7.82 Å². The highest BCUT2D eigenvalue weighted by Crippen LogP contribution is 2.38. The highest BCUT2D eigenvalue weighted by molar-refractivity contribution is 7.45. The lowest BCUT2D eigenvalue weighted by Crippen LogP contribution is -2.37. The molecule has 0 aromatic carbocycles. The van der Waals surface area contributed by atoms with Gasteiger partial charge in [0.25, 0.3) is 7.82 Å². The molecular weight excluding hydrogens is 790 g/mol. The van der Waals surface area contributed by atoms with Gasteiger partial charge >= 0.3 is 11.9 Å². The molecule has 0 aromatic heterocycles. The average molecular weight is 878 g/mol. The fraction of sp³-hybridized carbons (Fsp3) is 0.720. The molecule has 0 fully saturated rings. The maximum Gasteiger partial charge on any atom is 0.306 e. The molecule has 1 N–H and O–H groups in total. The van der Waals surface area contributed by atoms with E-state index in [1.807, 2.05) is 76.7 Å². The minimum Gasteiger partial charge on any atom is -0.756 e. The van der Waals surface area contributed by atoms with E-state index in [-0.39, 0.29) is 26.1 Å². The summed E-state index contributed by atoms with van der Waals surface area (Å²) in [5.41, 5.74) is 0. The zero-order chi connectivity index (χ0) is 45.1. The first kappa shape index (κ1) is 58.4. The van der Waals surface area contributed by atoms with Gasteiger partial charge in [0, 0.05) is 12.8 Å². The molecule has 61 heavy (non-hydrogen) atoms. The summed E-state index contributed by atoms with van der Waals surface area (Å²) in [6.07, 6.45) is 48.5. The topological polar surface area (TPSA) is 131 Å². The van der Waals surface area contributed by atoms with Gasteiger partial charge in [-0.2, -0.15) is 0 Å². The van der Waals surface area contributed by atoms with Crippen molar-refractivity contribution in [1.82, 2.24) is 0 Å². The van der Waals surface area contributed by atoms with Gasteiger partial charge in [0.1, 0.15) is 19.8 Å². The number of aliphatic hydroxyl groups excluding tert-OH is 1. The second-order valence-corrected chi connectivity index (χ2v) is 18.3. The Balaban J connectivity index is 4.43. The van der Waals surface area contributed by atoms with Crippen molar-refractivity contribution in [2.75, 3.05) is 47.5 Å². The molecule has 0 heterocycles. The van der Waals surface area contributed by atoms with E-state index >= 15 is 0 Å². The first-order chi connectivity index (χ1) is 29.4. The van der Waals surface area contributed by atoms with Crippen LogP contribution in [0.15, 0.2) is 72.9 Å². The SMILES string of the molecule is CC/C=C\C(O)C/C=C/C=C\C/C=C\C/C=C\CCCC(=O)O[C@H](COC(=O)CCCCCCCCCCC/C=C\CCCCCCCC)COP(=O)([O-])OCC[N+](C)(C)C. The zero-order valence-electron chi connectivity index (χ0n) is 39.2. The number of allylic oxidation sites excluding steroid dienone is 10. The van der Waals surface area contributed by atoms with Crippen molar-refractivity contribution in [2.45, 2.75) is 187 Å². The number of aliphatic hydroxyl groups is 1. The van der Waals surface area contributed by atoms with E-state index < -0.39 is 38.6 Å². The molecule has 11 heteroatoms. The summed E-state index contributed by atoms with van der Waals surface area (Å²) in [7, 11) is 1.09. The maximum absolute atomic E-state index is 12.7. The molecule has 2 unspecified atom stereocenters. The number of esters is 2. The Morgan fingerprint density at radius 2 is 1.15 bits per heavy atom. The van der Waals surface area contributed by atoms with Crippen molar-refractivity contribution in [2.24, 2.45) is 0 Å². The minimum absolute atomic E-state index is 0.0526. The molecule has 0 amide bonds. The van der Waals surface area contributed by atoms with E-state index in [1.165, 1.54) is 83.5 Å².